The van der Waals surface area contributed by atoms with Crippen molar-refractivity contribution < 1.29 is 0 Å². The molecule has 1 aliphatic heterocycles. The van der Waals surface area contributed by atoms with Crippen LogP contribution in [0.2, 0.25) is 0 Å². The molecule has 112 valence electrons. The van der Waals surface area contributed by atoms with Crippen LogP contribution in [0.25, 0.3) is 11.0 Å². The Balaban J connectivity index is 1.66. The van der Waals surface area contributed by atoms with Gasteiger partial charge in [0, 0.05) is 31.3 Å². The minimum absolute atomic E-state index is 0.0998. The van der Waals surface area contributed by atoms with Crippen molar-refractivity contribution in [2.45, 2.75) is 18.8 Å². The third kappa shape index (κ3) is 2.24. The molecule has 4 rings (SSSR count). The standard InChI is InChI=1S/C15H16N6O/c22-13-6-12(17-8-18-13)10-2-1-5-21(7-10)15-11-3-4-16-14(11)19-9-20-15/h3-4,6,8-10H,1-2,5,7H2,(H,16,19,20)(H,17,18,22). The van der Waals surface area contributed by atoms with Crippen molar-refractivity contribution in [2.75, 3.05) is 18.0 Å². The number of piperidine rings is 1. The second-order valence-corrected chi connectivity index (χ2v) is 5.56. The fourth-order valence-electron chi connectivity index (χ4n) is 3.13. The average molecular weight is 296 g/mol. The normalized spacial score (nSPS) is 18.7. The van der Waals surface area contributed by atoms with Crippen LogP contribution in [0.1, 0.15) is 24.5 Å². The third-order valence-electron chi connectivity index (χ3n) is 4.17. The van der Waals surface area contributed by atoms with Gasteiger partial charge in [-0.1, -0.05) is 0 Å². The van der Waals surface area contributed by atoms with E-state index in [4.69, 9.17) is 0 Å². The molecule has 0 saturated carbocycles. The number of nitrogens with zero attached hydrogens (tertiary/aromatic N) is 4. The van der Waals surface area contributed by atoms with Gasteiger partial charge in [-0.3, -0.25) is 4.79 Å². The predicted octanol–water partition coefficient (Wildman–Crippen LogP) is 1.43. The van der Waals surface area contributed by atoms with Crippen molar-refractivity contribution in [3.8, 4) is 0 Å². The van der Waals surface area contributed by atoms with Crippen LogP contribution >= 0.6 is 0 Å². The smallest absolute Gasteiger partial charge is 0.250 e. The molecule has 7 heteroatoms. The molecular weight excluding hydrogens is 280 g/mol. The van der Waals surface area contributed by atoms with Crippen molar-refractivity contribution in [3.05, 3.63) is 47.0 Å². The van der Waals surface area contributed by atoms with Crippen LogP contribution in [0.5, 0.6) is 0 Å². The van der Waals surface area contributed by atoms with Crippen molar-refractivity contribution in [2.24, 2.45) is 0 Å². The minimum atomic E-state index is -0.0998. The summed E-state index contributed by atoms with van der Waals surface area (Å²) >= 11 is 0. The summed E-state index contributed by atoms with van der Waals surface area (Å²) in [6.45, 7) is 1.77. The topological polar surface area (TPSA) is 90.6 Å². The lowest BCUT2D eigenvalue weighted by Gasteiger charge is -2.33. The molecule has 7 nitrogen and oxygen atoms in total. The summed E-state index contributed by atoms with van der Waals surface area (Å²) in [6, 6.07) is 3.60. The summed E-state index contributed by atoms with van der Waals surface area (Å²) in [5.74, 6) is 1.20. The minimum Gasteiger partial charge on any atom is -0.355 e. The Labute approximate surface area is 126 Å². The van der Waals surface area contributed by atoms with Crippen molar-refractivity contribution in [3.63, 3.8) is 0 Å². The summed E-state index contributed by atoms with van der Waals surface area (Å²) in [7, 11) is 0. The summed E-state index contributed by atoms with van der Waals surface area (Å²) in [5, 5.41) is 1.03. The lowest BCUT2D eigenvalue weighted by atomic mass is 9.94. The third-order valence-corrected chi connectivity index (χ3v) is 4.17. The van der Waals surface area contributed by atoms with Gasteiger partial charge >= 0.3 is 0 Å². The summed E-state index contributed by atoms with van der Waals surface area (Å²) in [5.41, 5.74) is 1.60. The first-order valence-corrected chi connectivity index (χ1v) is 7.39. The number of aromatic nitrogens is 5. The quantitative estimate of drug-likeness (QED) is 0.746. The SMILES string of the molecule is O=c1cc(C2CCCN(c3ncnc4[nH]ccc34)C2)nc[nH]1. The summed E-state index contributed by atoms with van der Waals surface area (Å²) in [4.78, 5) is 32.4. The maximum absolute atomic E-state index is 11.5. The van der Waals surface area contributed by atoms with E-state index in [-0.39, 0.29) is 11.5 Å². The average Bonchev–Trinajstić information content (AvgIpc) is 3.03. The van der Waals surface area contributed by atoms with Crippen LogP contribution in [0.15, 0.2) is 35.8 Å². The van der Waals surface area contributed by atoms with Gasteiger partial charge in [-0.2, -0.15) is 0 Å². The number of hydrogen-bond acceptors (Lipinski definition) is 5. The molecule has 0 aromatic carbocycles. The van der Waals surface area contributed by atoms with Gasteiger partial charge in [0.25, 0.3) is 5.56 Å². The fraction of sp³-hybridized carbons (Fsp3) is 0.333. The van der Waals surface area contributed by atoms with Gasteiger partial charge in [-0.15, -0.1) is 0 Å². The van der Waals surface area contributed by atoms with Crippen molar-refractivity contribution in [1.29, 1.82) is 0 Å². The number of fused-ring (bicyclic) bond motifs is 1. The van der Waals surface area contributed by atoms with Gasteiger partial charge < -0.3 is 14.9 Å². The summed E-state index contributed by atoms with van der Waals surface area (Å²) in [6.07, 6.45) is 7.03. The van der Waals surface area contributed by atoms with Crippen LogP contribution in [0.4, 0.5) is 5.82 Å². The number of hydrogen-bond donors (Lipinski definition) is 2. The lowest BCUT2D eigenvalue weighted by molar-refractivity contribution is 0.498. The molecule has 22 heavy (non-hydrogen) atoms. The van der Waals surface area contributed by atoms with Crippen LogP contribution < -0.4 is 10.5 Å². The number of rotatable bonds is 2. The zero-order chi connectivity index (χ0) is 14.9. The molecule has 4 heterocycles. The van der Waals surface area contributed by atoms with E-state index in [0.29, 0.717) is 0 Å². The monoisotopic (exact) mass is 296 g/mol. The van der Waals surface area contributed by atoms with E-state index in [1.807, 2.05) is 12.3 Å². The van der Waals surface area contributed by atoms with Crippen molar-refractivity contribution >= 4 is 16.9 Å². The predicted molar refractivity (Wildman–Crippen MR) is 82.9 cm³/mol. The largest absolute Gasteiger partial charge is 0.355 e. The maximum atomic E-state index is 11.5. The molecule has 0 bridgehead atoms. The van der Waals surface area contributed by atoms with Crippen LogP contribution in [0.3, 0.4) is 0 Å². The highest BCUT2D eigenvalue weighted by molar-refractivity contribution is 5.87. The second kappa shape index (κ2) is 5.25. The van der Waals surface area contributed by atoms with E-state index in [0.717, 1.165) is 48.5 Å². The molecule has 1 fully saturated rings. The molecule has 0 radical (unpaired) electrons. The molecule has 0 aliphatic carbocycles. The zero-order valence-corrected chi connectivity index (χ0v) is 12.0. The van der Waals surface area contributed by atoms with Crippen LogP contribution in [-0.4, -0.2) is 38.0 Å². The number of aromatic amines is 2. The highest BCUT2D eigenvalue weighted by atomic mass is 16.1. The van der Waals surface area contributed by atoms with E-state index >= 15 is 0 Å². The van der Waals surface area contributed by atoms with E-state index in [1.165, 1.54) is 6.33 Å². The molecule has 1 unspecified atom stereocenters. The molecule has 0 spiro atoms. The first-order valence-electron chi connectivity index (χ1n) is 7.39. The van der Waals surface area contributed by atoms with E-state index in [2.05, 4.69) is 29.8 Å². The molecule has 3 aromatic heterocycles. The van der Waals surface area contributed by atoms with Crippen LogP contribution in [0, 0.1) is 0 Å². The Hall–Kier alpha value is -2.70. The first kappa shape index (κ1) is 13.0. The van der Waals surface area contributed by atoms with Gasteiger partial charge in [0.15, 0.2) is 0 Å². The van der Waals surface area contributed by atoms with Crippen LogP contribution in [-0.2, 0) is 0 Å². The Kier molecular flexibility index (Phi) is 3.10. The molecule has 1 atom stereocenters. The van der Waals surface area contributed by atoms with Gasteiger partial charge in [-0.25, -0.2) is 15.0 Å². The molecule has 2 N–H and O–H groups in total. The molecular formula is C15H16N6O. The van der Waals surface area contributed by atoms with E-state index in [1.54, 1.807) is 12.4 Å². The first-order chi connectivity index (χ1) is 10.8. The highest BCUT2D eigenvalue weighted by Crippen LogP contribution is 2.30. The Morgan fingerprint density at radius 3 is 3.09 bits per heavy atom. The van der Waals surface area contributed by atoms with E-state index < -0.39 is 0 Å². The van der Waals surface area contributed by atoms with Gasteiger partial charge in [0.05, 0.1) is 17.4 Å². The zero-order valence-electron chi connectivity index (χ0n) is 12.0. The maximum Gasteiger partial charge on any atom is 0.250 e. The molecule has 1 saturated heterocycles. The number of anilines is 1. The fourth-order valence-corrected chi connectivity index (χ4v) is 3.13. The molecule has 3 aromatic rings. The van der Waals surface area contributed by atoms with Crippen molar-refractivity contribution in [1.82, 2.24) is 24.9 Å². The van der Waals surface area contributed by atoms with Gasteiger partial charge in [0.1, 0.15) is 17.8 Å². The van der Waals surface area contributed by atoms with Gasteiger partial charge in [-0.05, 0) is 18.9 Å². The number of nitrogens with one attached hydrogen (secondary N) is 2. The Morgan fingerprint density at radius 1 is 1.23 bits per heavy atom. The van der Waals surface area contributed by atoms with Gasteiger partial charge in [0.2, 0.25) is 0 Å². The molecule has 1 aliphatic rings. The number of H-pyrrole nitrogens is 2. The Morgan fingerprint density at radius 2 is 2.18 bits per heavy atom. The Bertz CT molecular complexity index is 854. The molecule has 0 amide bonds. The van der Waals surface area contributed by atoms with E-state index in [9.17, 15) is 4.79 Å². The highest BCUT2D eigenvalue weighted by Gasteiger charge is 2.24. The second-order valence-electron chi connectivity index (χ2n) is 5.56. The summed E-state index contributed by atoms with van der Waals surface area (Å²) < 4.78 is 0. The lowest BCUT2D eigenvalue weighted by Crippen LogP contribution is -2.35.